The molecular formula is C34H37NO12. The second-order valence-electron chi connectivity index (χ2n) is 12.6. The number of carbonyl (C=O) groups is 2. The molecule has 3 aliphatic heterocycles. The average molecular weight is 652 g/mol. The minimum absolute atomic E-state index is 0.0185. The second kappa shape index (κ2) is 11.6. The summed E-state index contributed by atoms with van der Waals surface area (Å²) in [6.45, 7) is 7.72. The number of likely N-dealkylation sites (N-methyl/N-ethyl adjacent to an activating group) is 1. The summed E-state index contributed by atoms with van der Waals surface area (Å²) in [5, 5.41) is 36.4. The first-order valence-electron chi connectivity index (χ1n) is 15.4. The summed E-state index contributed by atoms with van der Waals surface area (Å²) >= 11 is 0. The molecule has 3 heterocycles. The van der Waals surface area contributed by atoms with E-state index in [1.807, 2.05) is 13.0 Å². The number of aryl methyl sites for hydroxylation is 1. The van der Waals surface area contributed by atoms with Crippen molar-refractivity contribution in [1.82, 2.24) is 5.32 Å². The van der Waals surface area contributed by atoms with Crippen LogP contribution in [0.15, 0.2) is 59.7 Å². The molecule has 2 aliphatic carbocycles. The third-order valence-electron chi connectivity index (χ3n) is 9.78. The number of hydrogen-bond donors (Lipinski definition) is 4. The molecule has 10 atom stereocenters. The highest BCUT2D eigenvalue weighted by Crippen LogP contribution is 2.55. The molecule has 2 aromatic carbocycles. The van der Waals surface area contributed by atoms with E-state index in [1.54, 1.807) is 38.3 Å². The summed E-state index contributed by atoms with van der Waals surface area (Å²) in [5.41, 5.74) is 1.81. The van der Waals surface area contributed by atoms with Crippen molar-refractivity contribution in [1.29, 1.82) is 0 Å². The maximum Gasteiger partial charge on any atom is 0.508 e. The molecule has 0 amide bonds. The maximum absolute atomic E-state index is 14.0. The van der Waals surface area contributed by atoms with Crippen molar-refractivity contribution < 1.29 is 58.1 Å². The number of esters is 1. The molecule has 3 fully saturated rings. The zero-order chi connectivity index (χ0) is 33.4. The highest BCUT2D eigenvalue weighted by atomic mass is 16.8. The Morgan fingerprint density at radius 3 is 2.66 bits per heavy atom. The van der Waals surface area contributed by atoms with Crippen LogP contribution in [0.25, 0.3) is 10.8 Å². The number of aromatic hydroxyl groups is 1. The maximum atomic E-state index is 14.0. The zero-order valence-electron chi connectivity index (χ0n) is 26.3. The van der Waals surface area contributed by atoms with E-state index in [4.69, 9.17) is 33.2 Å². The molecule has 13 nitrogen and oxygen atoms in total. The van der Waals surface area contributed by atoms with E-state index in [0.717, 1.165) is 10.9 Å². The number of phenolic OH excluding ortho intramolecular Hbond substituents is 1. The molecule has 5 unspecified atom stereocenters. The molecule has 250 valence electrons. The molecule has 0 aromatic heterocycles. The number of aliphatic hydroxyl groups excluding tert-OH is 2. The van der Waals surface area contributed by atoms with Crippen LogP contribution in [0.2, 0.25) is 0 Å². The highest BCUT2D eigenvalue weighted by Gasteiger charge is 2.67. The Labute approximate surface area is 270 Å². The Kier molecular flexibility index (Phi) is 7.81. The first-order chi connectivity index (χ1) is 22.4. The van der Waals surface area contributed by atoms with Crippen LogP contribution in [0.5, 0.6) is 11.5 Å². The molecule has 2 aromatic rings. The van der Waals surface area contributed by atoms with Crippen molar-refractivity contribution in [2.24, 2.45) is 0 Å². The van der Waals surface area contributed by atoms with E-state index in [2.05, 4.69) is 11.9 Å². The van der Waals surface area contributed by atoms with Gasteiger partial charge < -0.3 is 53.8 Å². The van der Waals surface area contributed by atoms with Crippen LogP contribution in [0, 0.1) is 6.92 Å². The number of benzene rings is 2. The number of hydrogen-bond acceptors (Lipinski definition) is 13. The SMILES string of the molecule is C=C1C=C2C(=C[C@@H](OC(=O)c3c(O)ccc4c(C)cc(OC)cc34)[C@@H]2OC2OC(C)C(O)C(O)C2NC)C[C@]2([C@H]3COC(=O)O3)O[C@H]12. The van der Waals surface area contributed by atoms with E-state index in [0.29, 0.717) is 27.9 Å². The Morgan fingerprint density at radius 2 is 1.96 bits per heavy atom. The summed E-state index contributed by atoms with van der Waals surface area (Å²) in [4.78, 5) is 25.8. The van der Waals surface area contributed by atoms with Gasteiger partial charge in [0.05, 0.1) is 19.3 Å². The van der Waals surface area contributed by atoms with E-state index >= 15 is 0 Å². The van der Waals surface area contributed by atoms with Gasteiger partial charge in [0.25, 0.3) is 0 Å². The van der Waals surface area contributed by atoms with Gasteiger partial charge >= 0.3 is 12.1 Å². The molecule has 3 saturated heterocycles. The Bertz CT molecular complexity index is 1720. The van der Waals surface area contributed by atoms with Crippen LogP contribution in [0.1, 0.15) is 29.3 Å². The monoisotopic (exact) mass is 651 g/mol. The average Bonchev–Trinajstić information content (AvgIpc) is 3.51. The number of ether oxygens (including phenoxy) is 7. The number of fused-ring (bicyclic) bond motifs is 3. The van der Waals surface area contributed by atoms with Crippen molar-refractivity contribution in [2.75, 3.05) is 20.8 Å². The van der Waals surface area contributed by atoms with Crippen molar-refractivity contribution >= 4 is 22.9 Å². The molecule has 47 heavy (non-hydrogen) atoms. The first kappa shape index (κ1) is 31.6. The number of carbonyl (C=O) groups excluding carboxylic acids is 2. The molecule has 0 radical (unpaired) electrons. The van der Waals surface area contributed by atoms with Gasteiger partial charge in [-0.2, -0.15) is 0 Å². The second-order valence-corrected chi connectivity index (χ2v) is 12.6. The van der Waals surface area contributed by atoms with Crippen LogP contribution in [-0.4, -0.2) is 109 Å². The fraction of sp³-hybridized carbons (Fsp3) is 0.471. The highest BCUT2D eigenvalue weighted by molar-refractivity contribution is 6.08. The lowest BCUT2D eigenvalue weighted by Crippen LogP contribution is -2.62. The molecule has 13 heteroatoms. The quantitative estimate of drug-likeness (QED) is 0.254. The van der Waals surface area contributed by atoms with Gasteiger partial charge in [-0.15, -0.1) is 0 Å². The fourth-order valence-electron chi connectivity index (χ4n) is 7.22. The molecule has 7 rings (SSSR count). The van der Waals surface area contributed by atoms with Crippen LogP contribution in [-0.2, 0) is 28.4 Å². The lowest BCUT2D eigenvalue weighted by atomic mass is 9.90. The van der Waals surface area contributed by atoms with Gasteiger partial charge in [0.1, 0.15) is 53.7 Å². The van der Waals surface area contributed by atoms with E-state index in [1.165, 1.54) is 13.2 Å². The molecule has 0 saturated carbocycles. The Balaban J connectivity index is 1.26. The van der Waals surface area contributed by atoms with Crippen molar-refractivity contribution in [3.8, 4) is 11.5 Å². The van der Waals surface area contributed by atoms with Gasteiger partial charge in [-0.3, -0.25) is 0 Å². The van der Waals surface area contributed by atoms with E-state index in [9.17, 15) is 24.9 Å². The Morgan fingerprint density at radius 1 is 1.17 bits per heavy atom. The predicted molar refractivity (Wildman–Crippen MR) is 164 cm³/mol. The lowest BCUT2D eigenvalue weighted by molar-refractivity contribution is -0.273. The number of methoxy groups -OCH3 is 1. The molecule has 0 spiro atoms. The normalized spacial score (nSPS) is 36.0. The summed E-state index contributed by atoms with van der Waals surface area (Å²) in [6.07, 6.45) is -4.27. The third-order valence-corrected chi connectivity index (χ3v) is 9.78. The van der Waals surface area contributed by atoms with Gasteiger partial charge in [0.15, 0.2) is 18.5 Å². The zero-order valence-corrected chi connectivity index (χ0v) is 26.3. The third kappa shape index (κ3) is 5.18. The molecule has 5 aliphatic rings. The Hall–Kier alpha value is -3.98. The van der Waals surface area contributed by atoms with Crippen molar-refractivity contribution in [2.45, 2.75) is 80.9 Å². The summed E-state index contributed by atoms with van der Waals surface area (Å²) in [5.74, 6) is -0.569. The van der Waals surface area contributed by atoms with E-state index < -0.39 is 72.8 Å². The minimum Gasteiger partial charge on any atom is -0.507 e. The number of phenols is 1. The standard InChI is InChI=1S/C34H37NO12/c1-14-8-18(41-5)11-21-19(14)6-7-22(36)25(21)31(39)44-23-10-17-12-34(24-13-42-33(40)45-24)30(47-34)15(2)9-20(17)29(23)46-32-26(35-4)28(38)27(37)16(3)43-32/h6-11,16,23-24,26-30,32,35-38H,2,12-13H2,1,3-5H3/t16?,23-,24-,26?,27?,28?,29-,30-,32?,34-/m1/s1. The van der Waals surface area contributed by atoms with Crippen molar-refractivity contribution in [3.63, 3.8) is 0 Å². The number of nitrogens with one attached hydrogen (secondary N) is 1. The molecular weight excluding hydrogens is 614 g/mol. The summed E-state index contributed by atoms with van der Waals surface area (Å²) < 4.78 is 40.7. The summed E-state index contributed by atoms with van der Waals surface area (Å²) in [6, 6.07) is 5.83. The van der Waals surface area contributed by atoms with Crippen LogP contribution >= 0.6 is 0 Å². The fourth-order valence-corrected chi connectivity index (χ4v) is 7.22. The first-order valence-corrected chi connectivity index (χ1v) is 15.4. The van der Waals surface area contributed by atoms with Crippen LogP contribution in [0.3, 0.4) is 0 Å². The van der Waals surface area contributed by atoms with Crippen molar-refractivity contribution in [3.05, 3.63) is 70.8 Å². The lowest BCUT2D eigenvalue weighted by Gasteiger charge is -2.42. The van der Waals surface area contributed by atoms with Gasteiger partial charge in [-0.05, 0) is 72.8 Å². The number of epoxide rings is 1. The number of aliphatic hydroxyl groups is 2. The smallest absolute Gasteiger partial charge is 0.507 e. The molecule has 4 N–H and O–H groups in total. The van der Waals surface area contributed by atoms with Gasteiger partial charge in [-0.25, -0.2) is 9.59 Å². The number of rotatable bonds is 7. The predicted octanol–water partition coefficient (Wildman–Crippen LogP) is 2.33. The van der Waals surface area contributed by atoms with Crippen LogP contribution in [0.4, 0.5) is 4.79 Å². The van der Waals surface area contributed by atoms with Gasteiger partial charge in [-0.1, -0.05) is 18.7 Å². The molecule has 0 bridgehead atoms. The van der Waals surface area contributed by atoms with E-state index in [-0.39, 0.29) is 24.3 Å². The number of cyclic esters (lactones) is 2. The van der Waals surface area contributed by atoms with Gasteiger partial charge in [0.2, 0.25) is 0 Å². The summed E-state index contributed by atoms with van der Waals surface area (Å²) in [7, 11) is 3.13. The minimum atomic E-state index is -1.21. The van der Waals surface area contributed by atoms with Crippen LogP contribution < -0.4 is 10.1 Å². The topological polar surface area (TPSA) is 175 Å². The van der Waals surface area contributed by atoms with Gasteiger partial charge in [0, 0.05) is 11.8 Å². The largest absolute Gasteiger partial charge is 0.508 e.